The highest BCUT2D eigenvalue weighted by Crippen LogP contribution is 2.26. The van der Waals surface area contributed by atoms with Gasteiger partial charge in [-0.1, -0.05) is 32.5 Å². The van der Waals surface area contributed by atoms with Crippen molar-refractivity contribution >= 4 is 11.8 Å². The van der Waals surface area contributed by atoms with Gasteiger partial charge in [0, 0.05) is 23.4 Å². The maximum Gasteiger partial charge on any atom is 0.273 e. The SMILES string of the molecule is CN1CSc2nc(-c3cnc(C(C)(C)C)nc3)c(C#N)c(=O)n2C1. The van der Waals surface area contributed by atoms with E-state index in [0.29, 0.717) is 28.9 Å². The molecular formula is C16H18N6OS. The largest absolute Gasteiger partial charge is 0.279 e. The van der Waals surface area contributed by atoms with Crippen LogP contribution < -0.4 is 5.56 Å². The summed E-state index contributed by atoms with van der Waals surface area (Å²) in [5, 5.41) is 10.1. The van der Waals surface area contributed by atoms with E-state index in [1.807, 2.05) is 38.8 Å². The van der Waals surface area contributed by atoms with Crippen LogP contribution in [0.25, 0.3) is 11.3 Å². The lowest BCUT2D eigenvalue weighted by molar-refractivity contribution is 0.279. The van der Waals surface area contributed by atoms with Crippen molar-refractivity contribution in [2.75, 3.05) is 12.9 Å². The molecule has 3 heterocycles. The molecule has 0 atom stereocenters. The van der Waals surface area contributed by atoms with E-state index in [0.717, 1.165) is 5.88 Å². The van der Waals surface area contributed by atoms with Gasteiger partial charge in [-0.2, -0.15) is 5.26 Å². The Kier molecular flexibility index (Phi) is 4.15. The average molecular weight is 342 g/mol. The molecule has 0 saturated heterocycles. The molecular weight excluding hydrogens is 324 g/mol. The maximum absolute atomic E-state index is 12.6. The lowest BCUT2D eigenvalue weighted by atomic mass is 9.95. The van der Waals surface area contributed by atoms with Crippen molar-refractivity contribution in [3.8, 4) is 17.3 Å². The van der Waals surface area contributed by atoms with Crippen LogP contribution in [0.5, 0.6) is 0 Å². The number of rotatable bonds is 1. The van der Waals surface area contributed by atoms with Gasteiger partial charge in [0.25, 0.3) is 5.56 Å². The molecule has 1 aliphatic rings. The maximum atomic E-state index is 12.6. The third-order valence-electron chi connectivity index (χ3n) is 3.64. The highest BCUT2D eigenvalue weighted by Gasteiger charge is 2.23. The fourth-order valence-electron chi connectivity index (χ4n) is 2.37. The van der Waals surface area contributed by atoms with E-state index in [1.54, 1.807) is 12.4 Å². The number of fused-ring (bicyclic) bond motifs is 1. The van der Waals surface area contributed by atoms with Crippen LogP contribution >= 0.6 is 11.8 Å². The molecule has 0 N–H and O–H groups in total. The zero-order chi connectivity index (χ0) is 17.5. The van der Waals surface area contributed by atoms with Crippen molar-refractivity contribution in [3.05, 3.63) is 34.1 Å². The molecule has 0 bridgehead atoms. The number of hydrogen-bond acceptors (Lipinski definition) is 7. The molecule has 24 heavy (non-hydrogen) atoms. The van der Waals surface area contributed by atoms with Gasteiger partial charge in [0.2, 0.25) is 0 Å². The van der Waals surface area contributed by atoms with E-state index in [1.165, 1.54) is 16.3 Å². The Morgan fingerprint density at radius 1 is 1.29 bits per heavy atom. The summed E-state index contributed by atoms with van der Waals surface area (Å²) in [6, 6.07) is 1.99. The first kappa shape index (κ1) is 16.6. The van der Waals surface area contributed by atoms with Crippen molar-refractivity contribution < 1.29 is 0 Å². The minimum atomic E-state index is -0.323. The van der Waals surface area contributed by atoms with Gasteiger partial charge >= 0.3 is 0 Å². The Labute approximate surface area is 144 Å². The van der Waals surface area contributed by atoms with Crippen molar-refractivity contribution in [3.63, 3.8) is 0 Å². The topological polar surface area (TPSA) is 87.7 Å². The third-order valence-corrected chi connectivity index (χ3v) is 4.78. The predicted octanol–water partition coefficient (Wildman–Crippen LogP) is 1.82. The highest BCUT2D eigenvalue weighted by atomic mass is 32.2. The molecule has 0 saturated carbocycles. The lowest BCUT2D eigenvalue weighted by Gasteiger charge is -2.25. The third kappa shape index (κ3) is 2.92. The van der Waals surface area contributed by atoms with Gasteiger partial charge in [0.05, 0.1) is 18.2 Å². The van der Waals surface area contributed by atoms with Crippen LogP contribution in [0.3, 0.4) is 0 Å². The number of nitriles is 1. The zero-order valence-corrected chi connectivity index (χ0v) is 14.9. The quantitative estimate of drug-likeness (QED) is 0.730. The number of aromatic nitrogens is 4. The van der Waals surface area contributed by atoms with Crippen molar-refractivity contribution in [2.45, 2.75) is 38.0 Å². The summed E-state index contributed by atoms with van der Waals surface area (Å²) in [6.07, 6.45) is 3.26. The van der Waals surface area contributed by atoms with Gasteiger partial charge in [-0.15, -0.1) is 0 Å². The van der Waals surface area contributed by atoms with Crippen LogP contribution in [-0.2, 0) is 12.1 Å². The molecule has 0 unspecified atom stereocenters. The van der Waals surface area contributed by atoms with Crippen LogP contribution in [0.15, 0.2) is 22.3 Å². The summed E-state index contributed by atoms with van der Waals surface area (Å²) in [5.41, 5.74) is 0.476. The standard InChI is InChI=1S/C16H18N6OS/c1-16(2,3)14-18-6-10(7-19-14)12-11(5-17)13(23)22-8-21(4)9-24-15(22)20-12/h6-7H,8-9H2,1-4H3. The Balaban J connectivity index is 2.14. The van der Waals surface area contributed by atoms with Crippen LogP contribution in [-0.4, -0.2) is 37.3 Å². The monoisotopic (exact) mass is 342 g/mol. The molecule has 0 radical (unpaired) electrons. The first-order chi connectivity index (χ1) is 11.3. The summed E-state index contributed by atoms with van der Waals surface area (Å²) >= 11 is 1.47. The second-order valence-corrected chi connectivity index (χ2v) is 7.69. The zero-order valence-electron chi connectivity index (χ0n) is 14.1. The van der Waals surface area contributed by atoms with E-state index in [-0.39, 0.29) is 16.5 Å². The molecule has 7 nitrogen and oxygen atoms in total. The second-order valence-electron chi connectivity index (χ2n) is 6.78. The lowest BCUT2D eigenvalue weighted by Crippen LogP contribution is -2.36. The van der Waals surface area contributed by atoms with Crippen molar-refractivity contribution in [1.29, 1.82) is 5.26 Å². The highest BCUT2D eigenvalue weighted by molar-refractivity contribution is 7.99. The Hall–Kier alpha value is -2.24. The Morgan fingerprint density at radius 2 is 1.96 bits per heavy atom. The molecule has 0 aliphatic carbocycles. The first-order valence-corrected chi connectivity index (χ1v) is 8.49. The van der Waals surface area contributed by atoms with E-state index < -0.39 is 0 Å². The molecule has 8 heteroatoms. The molecule has 1 aliphatic heterocycles. The second kappa shape index (κ2) is 6.00. The number of thioether (sulfide) groups is 1. The molecule has 2 aromatic heterocycles. The fraction of sp³-hybridized carbons (Fsp3) is 0.438. The van der Waals surface area contributed by atoms with Gasteiger partial charge in [0.15, 0.2) is 5.16 Å². The van der Waals surface area contributed by atoms with Gasteiger partial charge in [-0.05, 0) is 7.05 Å². The normalized spacial score (nSPS) is 15.0. The molecule has 0 fully saturated rings. The molecule has 0 amide bonds. The Bertz CT molecular complexity index is 876. The van der Waals surface area contributed by atoms with Crippen LogP contribution in [0, 0.1) is 11.3 Å². The van der Waals surface area contributed by atoms with Crippen molar-refractivity contribution in [2.24, 2.45) is 0 Å². The van der Waals surface area contributed by atoms with E-state index in [9.17, 15) is 10.1 Å². The van der Waals surface area contributed by atoms with E-state index in [4.69, 9.17) is 0 Å². The fourth-order valence-corrected chi connectivity index (χ4v) is 3.24. The van der Waals surface area contributed by atoms with Gasteiger partial charge in [0.1, 0.15) is 17.5 Å². The summed E-state index contributed by atoms with van der Waals surface area (Å²) in [5.74, 6) is 1.45. The predicted molar refractivity (Wildman–Crippen MR) is 91.4 cm³/mol. The summed E-state index contributed by atoms with van der Waals surface area (Å²) in [4.78, 5) is 27.9. The van der Waals surface area contributed by atoms with Crippen molar-refractivity contribution in [1.82, 2.24) is 24.4 Å². The molecule has 3 rings (SSSR count). The first-order valence-electron chi connectivity index (χ1n) is 7.50. The smallest absolute Gasteiger partial charge is 0.273 e. The van der Waals surface area contributed by atoms with Crippen LogP contribution in [0.4, 0.5) is 0 Å². The molecule has 2 aromatic rings. The van der Waals surface area contributed by atoms with Crippen LogP contribution in [0.1, 0.15) is 32.2 Å². The summed E-state index contributed by atoms with van der Waals surface area (Å²) in [7, 11) is 1.92. The van der Waals surface area contributed by atoms with Gasteiger partial charge in [-0.25, -0.2) is 15.0 Å². The van der Waals surface area contributed by atoms with Gasteiger partial charge in [-0.3, -0.25) is 14.3 Å². The average Bonchev–Trinajstić information content (AvgIpc) is 2.54. The Morgan fingerprint density at radius 3 is 2.54 bits per heavy atom. The van der Waals surface area contributed by atoms with E-state index in [2.05, 4.69) is 15.0 Å². The summed E-state index contributed by atoms with van der Waals surface area (Å²) in [6.45, 7) is 6.51. The molecule has 0 aromatic carbocycles. The summed E-state index contributed by atoms with van der Waals surface area (Å²) < 4.78 is 1.53. The van der Waals surface area contributed by atoms with Gasteiger partial charge < -0.3 is 0 Å². The molecule has 124 valence electrons. The minimum Gasteiger partial charge on any atom is -0.279 e. The van der Waals surface area contributed by atoms with E-state index >= 15 is 0 Å². The number of nitrogens with zero attached hydrogens (tertiary/aromatic N) is 6. The molecule has 0 spiro atoms. The number of hydrogen-bond donors (Lipinski definition) is 0. The minimum absolute atomic E-state index is 0.0294. The van der Waals surface area contributed by atoms with Crippen LogP contribution in [0.2, 0.25) is 0 Å².